The van der Waals surface area contributed by atoms with E-state index in [0.29, 0.717) is 4.83 Å². The van der Waals surface area contributed by atoms with Crippen LogP contribution >= 0.6 is 15.9 Å². The SMILES string of the molecule is CCC(Br)CCNC(=O)C(CC)CC. The monoisotopic (exact) mass is 263 g/mol. The van der Waals surface area contributed by atoms with Crippen LogP contribution in [0.2, 0.25) is 0 Å². The number of carbonyl (C=O) groups excluding carboxylic acids is 1. The summed E-state index contributed by atoms with van der Waals surface area (Å²) in [5.41, 5.74) is 0. The van der Waals surface area contributed by atoms with Crippen LogP contribution in [0, 0.1) is 5.92 Å². The Labute approximate surface area is 96.0 Å². The van der Waals surface area contributed by atoms with E-state index in [-0.39, 0.29) is 11.8 Å². The highest BCUT2D eigenvalue weighted by molar-refractivity contribution is 9.09. The third kappa shape index (κ3) is 5.63. The first-order valence-corrected chi connectivity index (χ1v) is 6.48. The molecule has 1 amide bonds. The average molecular weight is 264 g/mol. The van der Waals surface area contributed by atoms with Gasteiger partial charge in [-0.2, -0.15) is 0 Å². The van der Waals surface area contributed by atoms with Crippen molar-refractivity contribution in [3.05, 3.63) is 0 Å². The van der Waals surface area contributed by atoms with Gasteiger partial charge in [-0.25, -0.2) is 0 Å². The molecule has 2 nitrogen and oxygen atoms in total. The van der Waals surface area contributed by atoms with Crippen molar-refractivity contribution in [2.75, 3.05) is 6.54 Å². The van der Waals surface area contributed by atoms with Gasteiger partial charge in [0.2, 0.25) is 5.91 Å². The molecule has 1 atom stereocenters. The number of alkyl halides is 1. The third-order valence-corrected chi connectivity index (χ3v) is 3.66. The number of halogens is 1. The van der Waals surface area contributed by atoms with Crippen molar-refractivity contribution < 1.29 is 4.79 Å². The molecular formula is C11H22BrNO. The van der Waals surface area contributed by atoms with Gasteiger partial charge in [-0.05, 0) is 25.7 Å². The number of amides is 1. The van der Waals surface area contributed by atoms with Gasteiger partial charge in [-0.3, -0.25) is 4.79 Å². The van der Waals surface area contributed by atoms with Crippen LogP contribution in [0.3, 0.4) is 0 Å². The molecular weight excluding hydrogens is 242 g/mol. The summed E-state index contributed by atoms with van der Waals surface area (Å²) < 4.78 is 0. The van der Waals surface area contributed by atoms with Gasteiger partial charge in [-0.15, -0.1) is 0 Å². The number of hydrogen-bond donors (Lipinski definition) is 1. The Morgan fingerprint density at radius 3 is 2.21 bits per heavy atom. The van der Waals surface area contributed by atoms with Crippen molar-refractivity contribution >= 4 is 21.8 Å². The standard InChI is InChI=1S/C11H22BrNO/c1-4-9(5-2)11(14)13-8-7-10(12)6-3/h9-10H,4-8H2,1-3H3,(H,13,14). The fraction of sp³-hybridized carbons (Fsp3) is 0.909. The first-order valence-electron chi connectivity index (χ1n) is 5.57. The molecule has 0 aromatic rings. The fourth-order valence-corrected chi connectivity index (χ4v) is 1.59. The van der Waals surface area contributed by atoms with Gasteiger partial charge in [0, 0.05) is 17.3 Å². The van der Waals surface area contributed by atoms with Crippen LogP contribution in [0.25, 0.3) is 0 Å². The highest BCUT2D eigenvalue weighted by atomic mass is 79.9. The molecule has 1 unspecified atom stereocenters. The molecule has 0 spiro atoms. The van der Waals surface area contributed by atoms with E-state index < -0.39 is 0 Å². The highest BCUT2D eigenvalue weighted by Crippen LogP contribution is 2.09. The Kier molecular flexibility index (Phi) is 8.24. The second-order valence-corrected chi connectivity index (χ2v) is 4.89. The summed E-state index contributed by atoms with van der Waals surface area (Å²) in [7, 11) is 0. The van der Waals surface area contributed by atoms with E-state index in [9.17, 15) is 4.79 Å². The summed E-state index contributed by atoms with van der Waals surface area (Å²) in [4.78, 5) is 12.1. The van der Waals surface area contributed by atoms with Crippen LogP contribution in [0.4, 0.5) is 0 Å². The molecule has 0 saturated carbocycles. The zero-order valence-electron chi connectivity index (χ0n) is 9.48. The Morgan fingerprint density at radius 1 is 1.21 bits per heavy atom. The molecule has 0 aromatic carbocycles. The first kappa shape index (κ1) is 13.9. The van der Waals surface area contributed by atoms with Gasteiger partial charge in [0.15, 0.2) is 0 Å². The van der Waals surface area contributed by atoms with Crippen LogP contribution < -0.4 is 5.32 Å². The predicted octanol–water partition coefficient (Wildman–Crippen LogP) is 3.10. The van der Waals surface area contributed by atoms with Gasteiger partial charge in [-0.1, -0.05) is 36.7 Å². The second kappa shape index (κ2) is 8.27. The zero-order chi connectivity index (χ0) is 11.0. The van der Waals surface area contributed by atoms with Crippen molar-refractivity contribution in [3.8, 4) is 0 Å². The number of rotatable bonds is 7. The number of carbonyl (C=O) groups is 1. The molecule has 14 heavy (non-hydrogen) atoms. The minimum atomic E-state index is 0.199. The Bertz CT molecular complexity index is 157. The van der Waals surface area contributed by atoms with Gasteiger partial charge in [0.05, 0.1) is 0 Å². The summed E-state index contributed by atoms with van der Waals surface area (Å²) in [5, 5.41) is 2.98. The summed E-state index contributed by atoms with van der Waals surface area (Å²) in [6.07, 6.45) is 4.00. The summed E-state index contributed by atoms with van der Waals surface area (Å²) in [6.45, 7) is 7.06. The summed E-state index contributed by atoms with van der Waals surface area (Å²) in [5.74, 6) is 0.413. The van der Waals surface area contributed by atoms with Gasteiger partial charge >= 0.3 is 0 Å². The molecule has 0 bridgehead atoms. The van der Waals surface area contributed by atoms with Gasteiger partial charge < -0.3 is 5.32 Å². The van der Waals surface area contributed by atoms with Crippen molar-refractivity contribution in [2.45, 2.75) is 51.3 Å². The molecule has 0 aliphatic rings. The molecule has 0 saturated heterocycles. The van der Waals surface area contributed by atoms with E-state index in [1.165, 1.54) is 0 Å². The lowest BCUT2D eigenvalue weighted by Gasteiger charge is -2.13. The van der Waals surface area contributed by atoms with Crippen LogP contribution in [-0.4, -0.2) is 17.3 Å². The molecule has 0 heterocycles. The highest BCUT2D eigenvalue weighted by Gasteiger charge is 2.13. The molecule has 0 radical (unpaired) electrons. The van der Waals surface area contributed by atoms with Crippen LogP contribution in [0.5, 0.6) is 0 Å². The quantitative estimate of drug-likeness (QED) is 0.703. The average Bonchev–Trinajstić information content (AvgIpc) is 2.19. The molecule has 0 rings (SSSR count). The van der Waals surface area contributed by atoms with Crippen molar-refractivity contribution in [1.82, 2.24) is 5.32 Å². The van der Waals surface area contributed by atoms with Gasteiger partial charge in [0.1, 0.15) is 0 Å². The van der Waals surface area contributed by atoms with Crippen molar-refractivity contribution in [2.24, 2.45) is 5.92 Å². The molecule has 1 N–H and O–H groups in total. The van der Waals surface area contributed by atoms with Crippen molar-refractivity contribution in [3.63, 3.8) is 0 Å². The lowest BCUT2D eigenvalue weighted by Crippen LogP contribution is -2.31. The topological polar surface area (TPSA) is 29.1 Å². The first-order chi connectivity index (χ1) is 6.65. The lowest BCUT2D eigenvalue weighted by molar-refractivity contribution is -0.125. The van der Waals surface area contributed by atoms with E-state index in [1.54, 1.807) is 0 Å². The maximum absolute atomic E-state index is 11.5. The van der Waals surface area contributed by atoms with E-state index >= 15 is 0 Å². The normalized spacial score (nSPS) is 12.9. The minimum Gasteiger partial charge on any atom is -0.356 e. The maximum Gasteiger partial charge on any atom is 0.223 e. The minimum absolute atomic E-state index is 0.199. The molecule has 0 aliphatic heterocycles. The fourth-order valence-electron chi connectivity index (χ4n) is 1.36. The maximum atomic E-state index is 11.5. The smallest absolute Gasteiger partial charge is 0.223 e. The van der Waals surface area contributed by atoms with E-state index in [1.807, 2.05) is 0 Å². The molecule has 3 heteroatoms. The largest absolute Gasteiger partial charge is 0.356 e. The summed E-state index contributed by atoms with van der Waals surface area (Å²) in [6, 6.07) is 0. The van der Waals surface area contributed by atoms with Gasteiger partial charge in [0.25, 0.3) is 0 Å². The number of hydrogen-bond acceptors (Lipinski definition) is 1. The Hall–Kier alpha value is -0.0500. The van der Waals surface area contributed by atoms with Crippen LogP contribution in [0.1, 0.15) is 46.5 Å². The second-order valence-electron chi connectivity index (χ2n) is 3.60. The predicted molar refractivity (Wildman–Crippen MR) is 64.7 cm³/mol. The number of nitrogens with one attached hydrogen (secondary N) is 1. The Balaban J connectivity index is 3.62. The summed E-state index contributed by atoms with van der Waals surface area (Å²) >= 11 is 3.55. The lowest BCUT2D eigenvalue weighted by atomic mass is 10.0. The third-order valence-electron chi connectivity index (χ3n) is 2.56. The zero-order valence-corrected chi connectivity index (χ0v) is 11.1. The van der Waals surface area contributed by atoms with Crippen LogP contribution in [-0.2, 0) is 4.79 Å². The van der Waals surface area contributed by atoms with E-state index in [4.69, 9.17) is 0 Å². The molecule has 84 valence electrons. The molecule has 0 fully saturated rings. The Morgan fingerprint density at radius 2 is 1.79 bits per heavy atom. The van der Waals surface area contributed by atoms with Crippen LogP contribution in [0.15, 0.2) is 0 Å². The van der Waals surface area contributed by atoms with E-state index in [2.05, 4.69) is 42.0 Å². The molecule has 0 aromatic heterocycles. The van der Waals surface area contributed by atoms with E-state index in [0.717, 1.165) is 32.2 Å². The molecule has 0 aliphatic carbocycles. The van der Waals surface area contributed by atoms with Crippen molar-refractivity contribution in [1.29, 1.82) is 0 Å².